The van der Waals surface area contributed by atoms with Gasteiger partial charge in [-0.15, -0.1) is 0 Å². The minimum atomic E-state index is 0.0876. The SMILES string of the molecule is C=c1c(C)c(C)c(=C)c(C(C)(C)C/C=C(\C)CC(C)C)c1C. The summed E-state index contributed by atoms with van der Waals surface area (Å²) < 4.78 is 0. The Morgan fingerprint density at radius 1 is 1.00 bits per heavy atom. The van der Waals surface area contributed by atoms with Crippen LogP contribution in [0, 0.1) is 26.7 Å². The molecule has 1 rings (SSSR count). The fourth-order valence-corrected chi connectivity index (χ4v) is 3.47. The van der Waals surface area contributed by atoms with Crippen LogP contribution < -0.4 is 10.4 Å². The zero-order chi connectivity index (χ0) is 17.2. The average molecular weight is 299 g/mol. The second-order valence-corrected chi connectivity index (χ2v) is 7.94. The van der Waals surface area contributed by atoms with Crippen LogP contribution in [0.4, 0.5) is 0 Å². The predicted octanol–water partition coefficient (Wildman–Crippen LogP) is 5.09. The highest BCUT2D eigenvalue weighted by atomic mass is 14.3. The van der Waals surface area contributed by atoms with Gasteiger partial charge >= 0.3 is 0 Å². The molecule has 0 heteroatoms. The summed E-state index contributed by atoms with van der Waals surface area (Å²) in [5.74, 6) is 0.720. The molecule has 1 aromatic rings. The Balaban J connectivity index is 3.30. The van der Waals surface area contributed by atoms with Gasteiger partial charge in [0.1, 0.15) is 0 Å². The molecule has 0 saturated heterocycles. The van der Waals surface area contributed by atoms with E-state index in [1.807, 2.05) is 0 Å². The molecule has 0 heterocycles. The molecule has 0 aliphatic rings. The van der Waals surface area contributed by atoms with Crippen LogP contribution in [0.3, 0.4) is 0 Å². The van der Waals surface area contributed by atoms with Crippen LogP contribution in [0.25, 0.3) is 13.2 Å². The number of hydrogen-bond acceptors (Lipinski definition) is 0. The van der Waals surface area contributed by atoms with Crippen LogP contribution in [0.1, 0.15) is 69.7 Å². The number of hydrogen-bond donors (Lipinski definition) is 0. The van der Waals surface area contributed by atoms with Crippen LogP contribution in [0.5, 0.6) is 0 Å². The third-order valence-corrected chi connectivity index (χ3v) is 4.97. The molecule has 0 aromatic heterocycles. The van der Waals surface area contributed by atoms with E-state index in [1.54, 1.807) is 0 Å². The molecule has 0 fully saturated rings. The van der Waals surface area contributed by atoms with Crippen molar-refractivity contribution in [3.05, 3.63) is 44.3 Å². The van der Waals surface area contributed by atoms with E-state index in [-0.39, 0.29) is 5.41 Å². The number of rotatable bonds is 5. The van der Waals surface area contributed by atoms with E-state index in [1.165, 1.54) is 44.7 Å². The molecular weight excluding hydrogens is 264 g/mol. The van der Waals surface area contributed by atoms with E-state index >= 15 is 0 Å². The van der Waals surface area contributed by atoms with Gasteiger partial charge in [-0.1, -0.05) is 52.5 Å². The van der Waals surface area contributed by atoms with Crippen molar-refractivity contribution in [2.24, 2.45) is 5.92 Å². The van der Waals surface area contributed by atoms with Crippen LogP contribution in [-0.4, -0.2) is 0 Å². The summed E-state index contributed by atoms with van der Waals surface area (Å²) in [7, 11) is 0. The molecular formula is C22H34. The van der Waals surface area contributed by atoms with E-state index in [0.717, 1.165) is 12.3 Å². The van der Waals surface area contributed by atoms with Crippen molar-refractivity contribution in [1.29, 1.82) is 0 Å². The van der Waals surface area contributed by atoms with Gasteiger partial charge in [0.15, 0.2) is 0 Å². The summed E-state index contributed by atoms with van der Waals surface area (Å²) >= 11 is 0. The fourth-order valence-electron chi connectivity index (χ4n) is 3.47. The third kappa shape index (κ3) is 3.91. The Morgan fingerprint density at radius 2 is 1.50 bits per heavy atom. The lowest BCUT2D eigenvalue weighted by Crippen LogP contribution is -2.33. The largest absolute Gasteiger partial charge is 0.0912 e. The number of benzene rings is 1. The maximum Gasteiger partial charge on any atom is -0.00604 e. The van der Waals surface area contributed by atoms with Gasteiger partial charge in [-0.2, -0.15) is 0 Å². The Kier molecular flexibility index (Phi) is 5.84. The van der Waals surface area contributed by atoms with E-state index in [2.05, 4.69) is 74.6 Å². The molecule has 0 radical (unpaired) electrons. The zero-order valence-electron chi connectivity index (χ0n) is 16.0. The smallest absolute Gasteiger partial charge is 0.00604 e. The summed E-state index contributed by atoms with van der Waals surface area (Å²) in [5.41, 5.74) is 6.85. The molecule has 0 amide bonds. The normalized spacial score (nSPS) is 13.0. The molecule has 1 aromatic carbocycles. The fraction of sp³-hybridized carbons (Fsp3) is 0.545. The first-order chi connectivity index (χ1) is 9.99. The van der Waals surface area contributed by atoms with Gasteiger partial charge in [-0.25, -0.2) is 0 Å². The standard InChI is InChI=1S/C22H34/c1-14(2)13-15(3)11-12-22(9,10)21-19(7)17(5)16(4)18(6)20(21)8/h11,14H,5,8,12-13H2,1-4,6-7,9-10H3/b15-11+. The molecule has 0 spiro atoms. The topological polar surface area (TPSA) is 0 Å². The summed E-state index contributed by atoms with van der Waals surface area (Å²) in [6, 6.07) is 0. The lowest BCUT2D eigenvalue weighted by molar-refractivity contribution is 0.521. The summed E-state index contributed by atoms with van der Waals surface area (Å²) in [6.45, 7) is 26.7. The van der Waals surface area contributed by atoms with Crippen LogP contribution in [0.15, 0.2) is 11.6 Å². The summed E-state index contributed by atoms with van der Waals surface area (Å²) in [5, 5.41) is 2.37. The van der Waals surface area contributed by atoms with Gasteiger partial charge in [0.2, 0.25) is 0 Å². The van der Waals surface area contributed by atoms with E-state index in [9.17, 15) is 0 Å². The Bertz CT molecular complexity index is 669. The third-order valence-electron chi connectivity index (χ3n) is 4.97. The minimum absolute atomic E-state index is 0.0876. The van der Waals surface area contributed by atoms with Crippen molar-refractivity contribution in [2.75, 3.05) is 0 Å². The Labute approximate surface area is 137 Å². The highest BCUT2D eigenvalue weighted by Gasteiger charge is 2.24. The molecule has 0 unspecified atom stereocenters. The molecule has 122 valence electrons. The van der Waals surface area contributed by atoms with Crippen LogP contribution in [0.2, 0.25) is 0 Å². The molecule has 0 nitrogen and oxygen atoms in total. The first kappa shape index (κ1) is 18.7. The van der Waals surface area contributed by atoms with Crippen molar-refractivity contribution < 1.29 is 0 Å². The van der Waals surface area contributed by atoms with Gasteiger partial charge < -0.3 is 0 Å². The summed E-state index contributed by atoms with van der Waals surface area (Å²) in [4.78, 5) is 0. The van der Waals surface area contributed by atoms with Gasteiger partial charge in [0.25, 0.3) is 0 Å². The lowest BCUT2D eigenvalue weighted by atomic mass is 9.76. The van der Waals surface area contributed by atoms with E-state index in [0.29, 0.717) is 0 Å². The second-order valence-electron chi connectivity index (χ2n) is 7.94. The van der Waals surface area contributed by atoms with E-state index in [4.69, 9.17) is 0 Å². The quantitative estimate of drug-likeness (QED) is 0.664. The van der Waals surface area contributed by atoms with Gasteiger partial charge in [-0.3, -0.25) is 0 Å². The molecule has 0 N–H and O–H groups in total. The van der Waals surface area contributed by atoms with Crippen molar-refractivity contribution in [1.82, 2.24) is 0 Å². The highest BCUT2D eigenvalue weighted by Crippen LogP contribution is 2.28. The molecule has 22 heavy (non-hydrogen) atoms. The van der Waals surface area contributed by atoms with E-state index < -0.39 is 0 Å². The Hall–Kier alpha value is -1.30. The lowest BCUT2D eigenvalue weighted by Gasteiger charge is -2.29. The second kappa shape index (κ2) is 6.86. The van der Waals surface area contributed by atoms with Crippen molar-refractivity contribution in [3.8, 4) is 0 Å². The molecule has 0 aliphatic heterocycles. The van der Waals surface area contributed by atoms with Crippen molar-refractivity contribution in [2.45, 2.75) is 73.6 Å². The van der Waals surface area contributed by atoms with Crippen LogP contribution >= 0.6 is 0 Å². The monoisotopic (exact) mass is 298 g/mol. The maximum atomic E-state index is 4.38. The zero-order valence-corrected chi connectivity index (χ0v) is 16.0. The molecule has 0 atom stereocenters. The van der Waals surface area contributed by atoms with Gasteiger partial charge in [-0.05, 0) is 84.6 Å². The Morgan fingerprint density at radius 3 is 2.00 bits per heavy atom. The average Bonchev–Trinajstić information content (AvgIpc) is 2.40. The minimum Gasteiger partial charge on any atom is -0.0912 e. The molecule has 0 aliphatic carbocycles. The number of allylic oxidation sites excluding steroid dienone is 2. The maximum absolute atomic E-state index is 4.38. The summed E-state index contributed by atoms with van der Waals surface area (Å²) in [6.07, 6.45) is 4.65. The van der Waals surface area contributed by atoms with Crippen LogP contribution in [-0.2, 0) is 5.41 Å². The van der Waals surface area contributed by atoms with Gasteiger partial charge in [0.05, 0.1) is 0 Å². The van der Waals surface area contributed by atoms with Crippen molar-refractivity contribution in [3.63, 3.8) is 0 Å². The highest BCUT2D eigenvalue weighted by molar-refractivity contribution is 5.45. The first-order valence-electron chi connectivity index (χ1n) is 8.42. The van der Waals surface area contributed by atoms with Gasteiger partial charge in [0, 0.05) is 0 Å². The molecule has 0 saturated carbocycles. The predicted molar refractivity (Wildman–Crippen MR) is 102 cm³/mol. The van der Waals surface area contributed by atoms with Crippen molar-refractivity contribution >= 4 is 13.2 Å². The molecule has 0 bridgehead atoms. The first-order valence-corrected chi connectivity index (χ1v) is 8.42.